The first-order valence-corrected chi connectivity index (χ1v) is 14.3. The molecule has 0 aliphatic rings. The number of hydrogen-bond donors (Lipinski definition) is 2. The molecular formula is C30H29F3N4O5S. The van der Waals surface area contributed by atoms with Gasteiger partial charge >= 0.3 is 12.1 Å². The van der Waals surface area contributed by atoms with Crippen LogP contribution in [0.1, 0.15) is 61.4 Å². The number of carbonyl (C=O) groups excluding carboxylic acids is 2. The highest BCUT2D eigenvalue weighted by molar-refractivity contribution is 7.13. The molecule has 13 heteroatoms. The lowest BCUT2D eigenvalue weighted by atomic mass is 9.97. The number of aliphatic carboxylic acids is 1. The minimum absolute atomic E-state index is 0.0116. The number of carboxylic acid groups (broad SMARTS) is 1. The van der Waals surface area contributed by atoms with Gasteiger partial charge in [-0.05, 0) is 36.1 Å². The molecule has 1 aromatic carbocycles. The maximum atomic E-state index is 13.5. The molecule has 0 aliphatic heterocycles. The predicted octanol–water partition coefficient (Wildman–Crippen LogP) is 5.76. The Kier molecular flexibility index (Phi) is 9.14. The number of rotatable bonds is 10. The van der Waals surface area contributed by atoms with Crippen molar-refractivity contribution in [2.45, 2.75) is 52.3 Å². The standard InChI is InChI=1S/C30H29F3N4O5S/c1-5-6-18(38)10-17-11-19(28-36-24(14-43-28)30(31,32)33)21(12-35-17)16-7-8-23-20(9-16)26(39)22(27(40)34-4)13-37(23)25(15(2)3)29(41)42/h7-9,11-15,25H,5-6,10H2,1-4H3,(H,34,40)(H,41,42)/t25-/m0/s1. The zero-order valence-corrected chi connectivity index (χ0v) is 24.6. The van der Waals surface area contributed by atoms with Gasteiger partial charge in [-0.1, -0.05) is 26.8 Å². The van der Waals surface area contributed by atoms with Gasteiger partial charge in [-0.25, -0.2) is 9.78 Å². The molecule has 0 unspecified atom stereocenters. The fraction of sp³-hybridized carbons (Fsp3) is 0.333. The van der Waals surface area contributed by atoms with Crippen LogP contribution in [0.15, 0.2) is 46.8 Å². The van der Waals surface area contributed by atoms with E-state index in [1.54, 1.807) is 19.9 Å². The zero-order chi connectivity index (χ0) is 31.6. The van der Waals surface area contributed by atoms with Crippen molar-refractivity contribution in [2.75, 3.05) is 7.05 Å². The Morgan fingerprint density at radius 1 is 1.14 bits per heavy atom. The van der Waals surface area contributed by atoms with Crippen molar-refractivity contribution in [3.05, 3.63) is 69.2 Å². The molecule has 0 spiro atoms. The largest absolute Gasteiger partial charge is 0.480 e. The summed E-state index contributed by atoms with van der Waals surface area (Å²) in [5.41, 5.74) is -0.376. The molecule has 1 amide bonds. The van der Waals surface area contributed by atoms with E-state index in [0.29, 0.717) is 29.7 Å². The van der Waals surface area contributed by atoms with Crippen molar-refractivity contribution in [1.29, 1.82) is 0 Å². The number of amides is 1. The fourth-order valence-corrected chi connectivity index (χ4v) is 5.73. The Labute approximate surface area is 248 Å². The topological polar surface area (TPSA) is 131 Å². The summed E-state index contributed by atoms with van der Waals surface area (Å²) in [6.07, 6.45) is -1.07. The summed E-state index contributed by atoms with van der Waals surface area (Å²) in [5.74, 6) is -2.34. The van der Waals surface area contributed by atoms with Crippen molar-refractivity contribution in [2.24, 2.45) is 5.92 Å². The Balaban J connectivity index is 1.99. The van der Waals surface area contributed by atoms with E-state index < -0.39 is 41.1 Å². The molecule has 43 heavy (non-hydrogen) atoms. The van der Waals surface area contributed by atoms with Crippen LogP contribution in [0.4, 0.5) is 13.2 Å². The summed E-state index contributed by atoms with van der Waals surface area (Å²) < 4.78 is 41.6. The third-order valence-corrected chi connectivity index (χ3v) is 7.77. The lowest BCUT2D eigenvalue weighted by Gasteiger charge is -2.23. The number of hydrogen-bond acceptors (Lipinski definition) is 7. The number of nitrogens with one attached hydrogen (secondary N) is 1. The van der Waals surface area contributed by atoms with Gasteiger partial charge in [0, 0.05) is 59.9 Å². The van der Waals surface area contributed by atoms with E-state index in [4.69, 9.17) is 0 Å². The average molecular weight is 615 g/mol. The van der Waals surface area contributed by atoms with Crippen molar-refractivity contribution in [3.8, 4) is 21.7 Å². The van der Waals surface area contributed by atoms with E-state index in [9.17, 15) is 37.5 Å². The van der Waals surface area contributed by atoms with Gasteiger partial charge in [0.2, 0.25) is 5.43 Å². The second kappa shape index (κ2) is 12.5. The Hall–Kier alpha value is -4.39. The molecule has 1 atom stereocenters. The molecule has 4 aromatic rings. The highest BCUT2D eigenvalue weighted by Gasteiger charge is 2.34. The lowest BCUT2D eigenvalue weighted by Crippen LogP contribution is -2.31. The smallest absolute Gasteiger partial charge is 0.434 e. The first-order chi connectivity index (χ1) is 20.3. The van der Waals surface area contributed by atoms with Gasteiger partial charge in [0.25, 0.3) is 5.91 Å². The second-order valence-electron chi connectivity index (χ2n) is 10.3. The number of carbonyl (C=O) groups is 3. The Morgan fingerprint density at radius 2 is 1.86 bits per heavy atom. The number of thiazole rings is 1. The van der Waals surface area contributed by atoms with E-state index in [-0.39, 0.29) is 39.2 Å². The number of halogens is 3. The number of benzene rings is 1. The van der Waals surface area contributed by atoms with Gasteiger partial charge in [0.15, 0.2) is 5.69 Å². The van der Waals surface area contributed by atoms with Gasteiger partial charge in [0.05, 0.1) is 5.52 Å². The molecule has 0 aliphatic carbocycles. The molecule has 0 saturated carbocycles. The van der Waals surface area contributed by atoms with Crippen LogP contribution in [0.2, 0.25) is 0 Å². The summed E-state index contributed by atoms with van der Waals surface area (Å²) >= 11 is 0.777. The summed E-state index contributed by atoms with van der Waals surface area (Å²) in [7, 11) is 1.35. The van der Waals surface area contributed by atoms with E-state index in [1.807, 2.05) is 6.92 Å². The first-order valence-electron chi connectivity index (χ1n) is 13.4. The minimum atomic E-state index is -4.66. The number of fused-ring (bicyclic) bond motifs is 1. The molecule has 0 radical (unpaired) electrons. The molecule has 0 saturated heterocycles. The van der Waals surface area contributed by atoms with Crippen molar-refractivity contribution < 1.29 is 32.7 Å². The van der Waals surface area contributed by atoms with Crippen LogP contribution in [-0.4, -0.2) is 44.3 Å². The maximum absolute atomic E-state index is 13.5. The lowest BCUT2D eigenvalue weighted by molar-refractivity contribution is -0.142. The van der Waals surface area contributed by atoms with Crippen molar-refractivity contribution in [1.82, 2.24) is 19.9 Å². The quantitative estimate of drug-likeness (QED) is 0.232. The predicted molar refractivity (Wildman–Crippen MR) is 156 cm³/mol. The highest BCUT2D eigenvalue weighted by Crippen LogP contribution is 2.38. The number of pyridine rings is 2. The number of alkyl halides is 3. The van der Waals surface area contributed by atoms with E-state index in [1.165, 1.54) is 42.2 Å². The number of ketones is 1. The van der Waals surface area contributed by atoms with Crippen LogP contribution in [0.25, 0.3) is 32.6 Å². The molecule has 3 aromatic heterocycles. The maximum Gasteiger partial charge on any atom is 0.434 e. The van der Waals surface area contributed by atoms with E-state index in [0.717, 1.165) is 16.7 Å². The van der Waals surface area contributed by atoms with E-state index >= 15 is 0 Å². The molecule has 2 N–H and O–H groups in total. The fourth-order valence-electron chi connectivity index (χ4n) is 4.87. The SMILES string of the molecule is CCCC(=O)Cc1cc(-c2nc(C(F)(F)F)cs2)c(-c2ccc3c(c2)c(=O)c(C(=O)NC)cn3[C@H](C(=O)O)C(C)C)cn1. The monoisotopic (exact) mass is 614 g/mol. The molecule has 0 fully saturated rings. The molecular weight excluding hydrogens is 585 g/mol. The molecule has 226 valence electrons. The zero-order valence-electron chi connectivity index (χ0n) is 23.8. The van der Waals surface area contributed by atoms with Gasteiger partial charge in [-0.2, -0.15) is 13.2 Å². The summed E-state index contributed by atoms with van der Waals surface area (Å²) in [5, 5.41) is 13.3. The molecule has 0 bridgehead atoms. The highest BCUT2D eigenvalue weighted by atomic mass is 32.1. The van der Waals surface area contributed by atoms with E-state index in [2.05, 4.69) is 15.3 Å². The summed E-state index contributed by atoms with van der Waals surface area (Å²) in [6, 6.07) is 5.00. The number of Topliss-reactive ketones (excluding diaryl/α,β-unsaturated/α-hetero) is 1. The van der Waals surface area contributed by atoms with Gasteiger partial charge in [-0.15, -0.1) is 11.3 Å². The Bertz CT molecular complexity index is 1780. The number of aromatic nitrogens is 3. The third-order valence-electron chi connectivity index (χ3n) is 6.89. The summed E-state index contributed by atoms with van der Waals surface area (Å²) in [4.78, 5) is 58.9. The normalized spacial score (nSPS) is 12.5. The number of nitrogens with zero attached hydrogens (tertiary/aromatic N) is 3. The summed E-state index contributed by atoms with van der Waals surface area (Å²) in [6.45, 7) is 5.26. The van der Waals surface area contributed by atoms with Crippen LogP contribution >= 0.6 is 11.3 Å². The van der Waals surface area contributed by atoms with Crippen LogP contribution in [-0.2, 0) is 22.2 Å². The number of carboxylic acids is 1. The Morgan fingerprint density at radius 3 is 2.44 bits per heavy atom. The van der Waals surface area contributed by atoms with Gasteiger partial charge in [-0.3, -0.25) is 19.4 Å². The molecule has 3 heterocycles. The molecule has 9 nitrogen and oxygen atoms in total. The van der Waals surface area contributed by atoms with Crippen LogP contribution in [0.3, 0.4) is 0 Å². The van der Waals surface area contributed by atoms with Crippen LogP contribution in [0, 0.1) is 5.92 Å². The second-order valence-corrected chi connectivity index (χ2v) is 11.2. The van der Waals surface area contributed by atoms with Crippen LogP contribution in [0.5, 0.6) is 0 Å². The van der Waals surface area contributed by atoms with Gasteiger partial charge in [0.1, 0.15) is 22.4 Å². The van der Waals surface area contributed by atoms with Gasteiger partial charge < -0.3 is 15.0 Å². The van der Waals surface area contributed by atoms with Crippen LogP contribution < -0.4 is 10.7 Å². The van der Waals surface area contributed by atoms with Crippen molar-refractivity contribution >= 4 is 39.9 Å². The average Bonchev–Trinajstić information content (AvgIpc) is 3.45. The third kappa shape index (κ3) is 6.51. The van der Waals surface area contributed by atoms with Crippen molar-refractivity contribution in [3.63, 3.8) is 0 Å². The minimum Gasteiger partial charge on any atom is -0.480 e. The first kappa shape index (κ1) is 31.5. The molecule has 4 rings (SSSR count).